The number of nitrogens with one attached hydrogen (secondary N) is 1. The van der Waals surface area contributed by atoms with Gasteiger partial charge in [-0.1, -0.05) is 6.92 Å². The molecule has 1 aromatic carbocycles. The van der Waals surface area contributed by atoms with E-state index in [4.69, 9.17) is 9.47 Å². The molecule has 2 atom stereocenters. The zero-order valence-corrected chi connectivity index (χ0v) is 11.7. The van der Waals surface area contributed by atoms with Crippen LogP contribution in [0, 0.1) is 5.92 Å². The fourth-order valence-corrected chi connectivity index (χ4v) is 2.59. The standard InChI is InChI=1S/C15H21NO3/c1-10-4-5-11(8-10)16-15(17)13-9-12(18-2)6-7-14(13)19-3/h6-7,9-11H,4-5,8H2,1-3H3,(H,16,17). The number of benzene rings is 1. The molecule has 0 spiro atoms. The van der Waals surface area contributed by atoms with Crippen LogP contribution in [0.2, 0.25) is 0 Å². The van der Waals surface area contributed by atoms with E-state index in [1.54, 1.807) is 32.4 Å². The first kappa shape index (κ1) is 13.7. The summed E-state index contributed by atoms with van der Waals surface area (Å²) in [6, 6.07) is 5.53. The smallest absolute Gasteiger partial charge is 0.255 e. The van der Waals surface area contributed by atoms with Crippen molar-refractivity contribution in [2.75, 3.05) is 14.2 Å². The van der Waals surface area contributed by atoms with Gasteiger partial charge in [0.1, 0.15) is 11.5 Å². The van der Waals surface area contributed by atoms with Crippen LogP contribution in [-0.2, 0) is 0 Å². The minimum atomic E-state index is -0.0881. The average molecular weight is 263 g/mol. The molecule has 2 rings (SSSR count). The highest BCUT2D eigenvalue weighted by molar-refractivity contribution is 5.97. The summed E-state index contributed by atoms with van der Waals surface area (Å²) in [5.74, 6) is 1.84. The fraction of sp³-hybridized carbons (Fsp3) is 0.533. The molecule has 4 heteroatoms. The largest absolute Gasteiger partial charge is 0.497 e. The molecule has 1 aliphatic rings. The van der Waals surface area contributed by atoms with Crippen LogP contribution in [0.1, 0.15) is 36.5 Å². The number of rotatable bonds is 4. The van der Waals surface area contributed by atoms with E-state index in [2.05, 4.69) is 12.2 Å². The van der Waals surface area contributed by atoms with Gasteiger partial charge in [0.25, 0.3) is 5.91 Å². The molecule has 19 heavy (non-hydrogen) atoms. The van der Waals surface area contributed by atoms with E-state index in [9.17, 15) is 4.79 Å². The zero-order chi connectivity index (χ0) is 13.8. The summed E-state index contributed by atoms with van der Waals surface area (Å²) in [6.07, 6.45) is 3.29. The van der Waals surface area contributed by atoms with Gasteiger partial charge in [0.05, 0.1) is 19.8 Å². The lowest BCUT2D eigenvalue weighted by atomic mass is 10.1. The Balaban J connectivity index is 2.13. The van der Waals surface area contributed by atoms with Crippen molar-refractivity contribution in [3.05, 3.63) is 23.8 Å². The highest BCUT2D eigenvalue weighted by Crippen LogP contribution is 2.27. The Morgan fingerprint density at radius 2 is 2.05 bits per heavy atom. The van der Waals surface area contributed by atoms with Gasteiger partial charge in [-0.25, -0.2) is 0 Å². The zero-order valence-electron chi connectivity index (χ0n) is 11.7. The Hall–Kier alpha value is -1.71. The van der Waals surface area contributed by atoms with Crippen LogP contribution in [0.25, 0.3) is 0 Å². The molecule has 104 valence electrons. The predicted molar refractivity (Wildman–Crippen MR) is 73.8 cm³/mol. The molecule has 1 saturated carbocycles. The van der Waals surface area contributed by atoms with E-state index in [1.807, 2.05) is 0 Å². The van der Waals surface area contributed by atoms with E-state index in [1.165, 1.54) is 6.42 Å². The summed E-state index contributed by atoms with van der Waals surface area (Å²) in [5, 5.41) is 3.08. The molecule has 1 aromatic rings. The number of carbonyl (C=O) groups excluding carboxylic acids is 1. The van der Waals surface area contributed by atoms with Crippen LogP contribution < -0.4 is 14.8 Å². The van der Waals surface area contributed by atoms with Gasteiger partial charge in [-0.15, -0.1) is 0 Å². The molecule has 0 aromatic heterocycles. The molecule has 4 nitrogen and oxygen atoms in total. The summed E-state index contributed by atoms with van der Waals surface area (Å²) in [7, 11) is 3.15. The fourth-order valence-electron chi connectivity index (χ4n) is 2.59. The number of hydrogen-bond acceptors (Lipinski definition) is 3. The van der Waals surface area contributed by atoms with Crippen LogP contribution in [0.4, 0.5) is 0 Å². The lowest BCUT2D eigenvalue weighted by Gasteiger charge is -2.15. The van der Waals surface area contributed by atoms with Gasteiger partial charge in [-0.3, -0.25) is 4.79 Å². The van der Waals surface area contributed by atoms with Gasteiger partial charge in [0.2, 0.25) is 0 Å². The monoisotopic (exact) mass is 263 g/mol. The van der Waals surface area contributed by atoms with E-state index >= 15 is 0 Å². The second-order valence-corrected chi connectivity index (χ2v) is 5.15. The third kappa shape index (κ3) is 3.19. The molecule has 2 unspecified atom stereocenters. The maximum Gasteiger partial charge on any atom is 0.255 e. The topological polar surface area (TPSA) is 47.6 Å². The van der Waals surface area contributed by atoms with Crippen molar-refractivity contribution >= 4 is 5.91 Å². The molecule has 0 aliphatic heterocycles. The van der Waals surface area contributed by atoms with Gasteiger partial charge in [-0.2, -0.15) is 0 Å². The van der Waals surface area contributed by atoms with Crippen LogP contribution in [0.15, 0.2) is 18.2 Å². The van der Waals surface area contributed by atoms with Crippen LogP contribution >= 0.6 is 0 Å². The SMILES string of the molecule is COc1ccc(OC)c(C(=O)NC2CCC(C)C2)c1. The predicted octanol–water partition coefficient (Wildman–Crippen LogP) is 2.62. The minimum Gasteiger partial charge on any atom is -0.497 e. The first-order chi connectivity index (χ1) is 9.13. The number of carbonyl (C=O) groups is 1. The van der Waals surface area contributed by atoms with Gasteiger partial charge >= 0.3 is 0 Å². The summed E-state index contributed by atoms with van der Waals surface area (Å²) >= 11 is 0. The summed E-state index contributed by atoms with van der Waals surface area (Å²) in [6.45, 7) is 2.22. The van der Waals surface area contributed by atoms with Gasteiger partial charge in [-0.05, 0) is 43.4 Å². The highest BCUT2D eigenvalue weighted by atomic mass is 16.5. The summed E-state index contributed by atoms with van der Waals surface area (Å²) < 4.78 is 10.4. The van der Waals surface area contributed by atoms with Gasteiger partial charge in [0, 0.05) is 6.04 Å². The minimum absolute atomic E-state index is 0.0881. The molecular weight excluding hydrogens is 242 g/mol. The Morgan fingerprint density at radius 3 is 2.63 bits per heavy atom. The third-order valence-corrected chi connectivity index (χ3v) is 3.68. The lowest BCUT2D eigenvalue weighted by Crippen LogP contribution is -2.33. The van der Waals surface area contributed by atoms with Crippen molar-refractivity contribution in [2.24, 2.45) is 5.92 Å². The number of methoxy groups -OCH3 is 2. The van der Waals surface area contributed by atoms with Gasteiger partial charge < -0.3 is 14.8 Å². The van der Waals surface area contributed by atoms with Crippen LogP contribution in [0.5, 0.6) is 11.5 Å². The second kappa shape index (κ2) is 5.95. The maximum absolute atomic E-state index is 12.3. The molecule has 0 heterocycles. The average Bonchev–Trinajstić information content (AvgIpc) is 2.83. The molecule has 0 bridgehead atoms. The first-order valence-corrected chi connectivity index (χ1v) is 6.67. The Kier molecular flexibility index (Phi) is 4.30. The number of amides is 1. The molecular formula is C15H21NO3. The van der Waals surface area contributed by atoms with Gasteiger partial charge in [0.15, 0.2) is 0 Å². The first-order valence-electron chi connectivity index (χ1n) is 6.67. The van der Waals surface area contributed by atoms with Crippen LogP contribution in [0.3, 0.4) is 0 Å². The molecule has 0 saturated heterocycles. The second-order valence-electron chi connectivity index (χ2n) is 5.15. The van der Waals surface area contributed by atoms with E-state index in [-0.39, 0.29) is 11.9 Å². The quantitative estimate of drug-likeness (QED) is 0.908. The van der Waals surface area contributed by atoms with Crippen molar-refractivity contribution in [3.8, 4) is 11.5 Å². The third-order valence-electron chi connectivity index (χ3n) is 3.68. The molecule has 1 aliphatic carbocycles. The van der Waals surface area contributed by atoms with Crippen molar-refractivity contribution in [2.45, 2.75) is 32.2 Å². The van der Waals surface area contributed by atoms with Crippen LogP contribution in [-0.4, -0.2) is 26.2 Å². The number of hydrogen-bond donors (Lipinski definition) is 1. The molecule has 0 radical (unpaired) electrons. The lowest BCUT2D eigenvalue weighted by molar-refractivity contribution is 0.0934. The maximum atomic E-state index is 12.3. The summed E-state index contributed by atoms with van der Waals surface area (Å²) in [4.78, 5) is 12.3. The molecule has 1 amide bonds. The van der Waals surface area contributed by atoms with E-state index in [0.717, 1.165) is 12.8 Å². The molecule has 1 fully saturated rings. The Labute approximate surface area is 114 Å². The Morgan fingerprint density at radius 1 is 1.26 bits per heavy atom. The van der Waals surface area contributed by atoms with E-state index in [0.29, 0.717) is 23.0 Å². The number of ether oxygens (including phenoxy) is 2. The highest BCUT2D eigenvalue weighted by Gasteiger charge is 2.24. The van der Waals surface area contributed by atoms with Crippen molar-refractivity contribution < 1.29 is 14.3 Å². The normalized spacial score (nSPS) is 22.1. The van der Waals surface area contributed by atoms with E-state index < -0.39 is 0 Å². The Bertz CT molecular complexity index is 459. The molecule has 1 N–H and O–H groups in total. The summed E-state index contributed by atoms with van der Waals surface area (Å²) in [5.41, 5.74) is 0.529. The van der Waals surface area contributed by atoms with Crippen molar-refractivity contribution in [3.63, 3.8) is 0 Å². The van der Waals surface area contributed by atoms with Crippen molar-refractivity contribution in [1.82, 2.24) is 5.32 Å². The van der Waals surface area contributed by atoms with Crippen molar-refractivity contribution in [1.29, 1.82) is 0 Å².